The Balaban J connectivity index is 0.000000337. The van der Waals surface area contributed by atoms with Gasteiger partial charge in [-0.05, 0) is 135 Å². The van der Waals surface area contributed by atoms with Crippen molar-refractivity contribution in [3.05, 3.63) is 45.9 Å². The van der Waals surface area contributed by atoms with Crippen molar-refractivity contribution >= 4 is 65.8 Å². The van der Waals surface area contributed by atoms with E-state index < -0.39 is 29.3 Å². The van der Waals surface area contributed by atoms with Crippen molar-refractivity contribution in [2.24, 2.45) is 11.3 Å². The van der Waals surface area contributed by atoms with Gasteiger partial charge in [0.05, 0.1) is 39.5 Å². The van der Waals surface area contributed by atoms with E-state index in [1.165, 1.54) is 44.8 Å². The van der Waals surface area contributed by atoms with Gasteiger partial charge in [-0.15, -0.1) is 0 Å². The smallest absolute Gasteiger partial charge is 0.262 e. The van der Waals surface area contributed by atoms with Gasteiger partial charge in [-0.3, -0.25) is 19.3 Å². The Hall–Kier alpha value is -4.31. The third-order valence-corrected chi connectivity index (χ3v) is 13.9. The number of benzene rings is 1. The molecule has 380 valence electrons. The van der Waals surface area contributed by atoms with Crippen LogP contribution < -0.4 is 20.4 Å². The number of carbonyl (C=O) groups excluding carboxylic acids is 5. The van der Waals surface area contributed by atoms with Crippen molar-refractivity contribution < 1.29 is 33.5 Å². The van der Waals surface area contributed by atoms with Crippen LogP contribution in [0.15, 0.2) is 23.4 Å². The lowest BCUT2D eigenvalue weighted by Gasteiger charge is -2.56. The average Bonchev–Trinajstić information content (AvgIpc) is 3.54. The maximum absolute atomic E-state index is 15.1. The number of amides is 2. The van der Waals surface area contributed by atoms with E-state index in [0.717, 1.165) is 74.9 Å². The highest BCUT2D eigenvalue weighted by Crippen LogP contribution is 2.52. The summed E-state index contributed by atoms with van der Waals surface area (Å²) in [5.74, 6) is 0.203. The zero-order valence-corrected chi connectivity index (χ0v) is 43.6. The summed E-state index contributed by atoms with van der Waals surface area (Å²) in [6.07, 6.45) is 17.1. The number of hydrogen-bond donors (Lipinski definition) is 3. The standard InChI is InChI=1S/C27H34FN3O4.C21H35ClN4O2.C2H7N.C2H6/c1-18-4-8-29(9-5-18)20-15-27(16-20)6-10-30(11-7-27)24-14-22-21(13-23(24)28)25(34)31(26(22)35)19(17-33)3-2-12-32;1-7-10-17(11-8-2)24-20-23-13-15(12-16(22)14-27)19(25-20)26(6)18(9-3)21(4,5)28;1-3-2;1-2/h12-14,17-20H,2-11,15-16H2,1H3;12-14,17-18,28H,7-11H2,1-6H3,(H,23,24,25);3H,1-2H3;1-2H3/b;16-12+;;/t;18-;;/m.1../s1. The van der Waals surface area contributed by atoms with Gasteiger partial charge in [0, 0.05) is 50.4 Å². The van der Waals surface area contributed by atoms with Crippen molar-refractivity contribution in [1.29, 1.82) is 0 Å². The third kappa shape index (κ3) is 15.1. The Bertz CT molecular complexity index is 1970. The summed E-state index contributed by atoms with van der Waals surface area (Å²) in [5, 5.41) is 16.8. The summed E-state index contributed by atoms with van der Waals surface area (Å²) < 4.78 is 15.1. The quantitative estimate of drug-likeness (QED) is 0.0694. The molecule has 2 saturated heterocycles. The first-order valence-electron chi connectivity index (χ1n) is 25.0. The van der Waals surface area contributed by atoms with Crippen molar-refractivity contribution in [2.75, 3.05) is 62.4 Å². The predicted octanol–water partition coefficient (Wildman–Crippen LogP) is 8.93. The van der Waals surface area contributed by atoms with Gasteiger partial charge >= 0.3 is 0 Å². The summed E-state index contributed by atoms with van der Waals surface area (Å²) in [6, 6.07) is 2.41. The molecule has 3 N–H and O–H groups in total. The van der Waals surface area contributed by atoms with E-state index in [1.807, 2.05) is 51.7 Å². The van der Waals surface area contributed by atoms with Gasteiger partial charge in [0.1, 0.15) is 24.2 Å². The van der Waals surface area contributed by atoms with Gasteiger partial charge in [-0.25, -0.2) is 9.37 Å². The van der Waals surface area contributed by atoms with Gasteiger partial charge < -0.3 is 40.0 Å². The summed E-state index contributed by atoms with van der Waals surface area (Å²) >= 11 is 5.94. The number of anilines is 3. The lowest BCUT2D eigenvalue weighted by atomic mass is 9.59. The number of hydrogen-bond acceptors (Lipinski definition) is 13. The molecule has 0 bridgehead atoms. The molecular formula is C52H82ClFN8O6. The van der Waals surface area contributed by atoms with Crippen LogP contribution >= 0.6 is 11.6 Å². The van der Waals surface area contributed by atoms with Crippen molar-refractivity contribution in [3.63, 3.8) is 0 Å². The zero-order chi connectivity index (χ0) is 50.8. The van der Waals surface area contributed by atoms with Crippen LogP contribution in [-0.4, -0.2) is 133 Å². The zero-order valence-electron chi connectivity index (χ0n) is 42.9. The number of aromatic nitrogens is 2. The van der Waals surface area contributed by atoms with Crippen LogP contribution in [0.5, 0.6) is 0 Å². The highest BCUT2D eigenvalue weighted by Gasteiger charge is 2.48. The third-order valence-electron chi connectivity index (χ3n) is 13.7. The van der Waals surface area contributed by atoms with Gasteiger partial charge in [0.2, 0.25) is 5.95 Å². The van der Waals surface area contributed by atoms with Gasteiger partial charge in [-0.1, -0.05) is 66.0 Å². The van der Waals surface area contributed by atoms with Crippen LogP contribution in [0.4, 0.5) is 21.8 Å². The van der Waals surface area contributed by atoms with E-state index in [2.05, 4.69) is 41.3 Å². The fraction of sp³-hybridized carbons (Fsp3) is 0.673. The normalized spacial score (nSPS) is 18.2. The molecule has 1 saturated carbocycles. The average molecular weight is 970 g/mol. The lowest BCUT2D eigenvalue weighted by Crippen LogP contribution is -2.56. The van der Waals surface area contributed by atoms with Gasteiger partial charge in [0.25, 0.3) is 11.8 Å². The largest absolute Gasteiger partial charge is 0.388 e. The monoisotopic (exact) mass is 969 g/mol. The number of halogens is 2. The highest BCUT2D eigenvalue weighted by atomic mass is 35.5. The molecule has 6 rings (SSSR count). The molecule has 16 heteroatoms. The molecule has 3 aliphatic heterocycles. The van der Waals surface area contributed by atoms with E-state index in [9.17, 15) is 29.1 Å². The topological polar surface area (TPSA) is 168 Å². The number of likely N-dealkylation sites (N-methyl/N-ethyl adjacent to an activating group) is 1. The highest BCUT2D eigenvalue weighted by molar-refractivity contribution is 6.40. The number of nitrogens with zero attached hydrogens (tertiary/aromatic N) is 6. The number of piperidine rings is 2. The summed E-state index contributed by atoms with van der Waals surface area (Å²) in [7, 11) is 5.64. The van der Waals surface area contributed by atoms with Crippen molar-refractivity contribution in [2.45, 2.75) is 169 Å². The van der Waals surface area contributed by atoms with E-state index in [4.69, 9.17) is 16.6 Å². The second kappa shape index (κ2) is 27.8. The number of likely N-dealkylation sites (tertiary alicyclic amines) is 1. The van der Waals surface area contributed by atoms with E-state index in [-0.39, 0.29) is 35.0 Å². The number of aliphatic hydroxyl groups is 1. The first-order chi connectivity index (χ1) is 32.4. The van der Waals surface area contributed by atoms with Gasteiger partial charge in [-0.2, -0.15) is 4.98 Å². The van der Waals surface area contributed by atoms with E-state index in [0.29, 0.717) is 59.4 Å². The predicted molar refractivity (Wildman–Crippen MR) is 273 cm³/mol. The number of carbonyl (C=O) groups is 5. The summed E-state index contributed by atoms with van der Waals surface area (Å²) in [6.45, 7) is 20.1. The minimum absolute atomic E-state index is 0.0135. The Morgan fingerprint density at radius 3 is 2.06 bits per heavy atom. The SMILES string of the molecule is CC.CC1CCN(C2CC3(CCN(c4cc5c(cc4F)C(=O)N(C(C=O)CCC=O)C5=O)CC3)C2)CC1.CCCC(CCC)Nc1ncc(/C=C(/Cl)C=O)c(N(C)[C@H](CC)C(C)(C)O)n1.CNC. The molecule has 2 aromatic rings. The minimum atomic E-state index is -1.02. The molecule has 3 fully saturated rings. The number of fused-ring (bicyclic) bond motifs is 1. The van der Waals surface area contributed by atoms with E-state index in [1.54, 1.807) is 26.1 Å². The minimum Gasteiger partial charge on any atom is -0.388 e. The Kier molecular flexibility index (Phi) is 23.7. The molecule has 68 heavy (non-hydrogen) atoms. The molecule has 1 unspecified atom stereocenters. The first kappa shape index (κ1) is 58.0. The molecule has 0 radical (unpaired) electrons. The second-order valence-corrected chi connectivity index (χ2v) is 19.7. The van der Waals surface area contributed by atoms with Gasteiger partial charge in [0.15, 0.2) is 6.29 Å². The van der Waals surface area contributed by atoms with Crippen molar-refractivity contribution in [1.82, 2.24) is 25.1 Å². The molecule has 1 aliphatic carbocycles. The second-order valence-electron chi connectivity index (χ2n) is 19.3. The molecule has 2 atom stereocenters. The lowest BCUT2D eigenvalue weighted by molar-refractivity contribution is -0.112. The van der Waals surface area contributed by atoms with Crippen LogP contribution in [-0.2, 0) is 14.4 Å². The number of rotatable bonds is 19. The Labute approximate surface area is 411 Å². The van der Waals surface area contributed by atoms with Crippen molar-refractivity contribution in [3.8, 4) is 0 Å². The summed E-state index contributed by atoms with van der Waals surface area (Å²) in [5.41, 5.74) is 0.515. The molecule has 4 heterocycles. The van der Waals surface area contributed by atoms with E-state index >= 15 is 4.39 Å². The van der Waals surface area contributed by atoms with Crippen LogP contribution in [0.25, 0.3) is 6.08 Å². The molecular weight excluding hydrogens is 887 g/mol. The maximum Gasteiger partial charge on any atom is 0.262 e. The number of aldehydes is 3. The number of imide groups is 1. The maximum atomic E-state index is 15.1. The molecule has 14 nitrogen and oxygen atoms in total. The molecule has 4 aliphatic rings. The Morgan fingerprint density at radius 2 is 1.56 bits per heavy atom. The fourth-order valence-electron chi connectivity index (χ4n) is 10.1. The number of nitrogens with one attached hydrogen (secondary N) is 2. The van der Waals surface area contributed by atoms with Crippen LogP contribution in [0.2, 0.25) is 0 Å². The molecule has 1 spiro atoms. The number of allylic oxidation sites excluding steroid dienone is 1. The Morgan fingerprint density at radius 1 is 0.985 bits per heavy atom. The summed E-state index contributed by atoms with van der Waals surface area (Å²) in [4.78, 5) is 75.6. The molecule has 1 aromatic carbocycles. The fourth-order valence-corrected chi connectivity index (χ4v) is 10.2. The molecule has 1 aromatic heterocycles. The first-order valence-corrected chi connectivity index (χ1v) is 25.4. The van der Waals surface area contributed by atoms with Crippen LogP contribution in [0.3, 0.4) is 0 Å². The molecule has 2 amide bonds. The van der Waals surface area contributed by atoms with Crippen LogP contribution in [0, 0.1) is 17.2 Å². The van der Waals surface area contributed by atoms with Crippen LogP contribution in [0.1, 0.15) is 165 Å².